The van der Waals surface area contributed by atoms with Crippen molar-refractivity contribution in [2.75, 3.05) is 39.1 Å². The van der Waals surface area contributed by atoms with Crippen molar-refractivity contribution in [3.05, 3.63) is 0 Å². The SMILES string of the molecule is CN(C)CC(C)(C)C1CCN(C(=O)CCCCCCCCCCBr)CC1. The van der Waals surface area contributed by atoms with Gasteiger partial charge in [-0.2, -0.15) is 0 Å². The van der Waals surface area contributed by atoms with Crippen LogP contribution in [0.5, 0.6) is 0 Å². The lowest BCUT2D eigenvalue weighted by atomic mass is 9.73. The molecule has 0 unspecified atom stereocenters. The van der Waals surface area contributed by atoms with Crippen molar-refractivity contribution in [2.45, 2.75) is 84.5 Å². The van der Waals surface area contributed by atoms with Crippen molar-refractivity contribution < 1.29 is 4.79 Å². The van der Waals surface area contributed by atoms with E-state index in [0.717, 1.165) is 43.7 Å². The summed E-state index contributed by atoms with van der Waals surface area (Å²) in [5.74, 6) is 1.13. The molecule has 0 aromatic heterocycles. The van der Waals surface area contributed by atoms with E-state index in [4.69, 9.17) is 0 Å². The number of likely N-dealkylation sites (tertiary alicyclic amines) is 1. The summed E-state index contributed by atoms with van der Waals surface area (Å²) in [5, 5.41) is 1.14. The maximum atomic E-state index is 12.5. The van der Waals surface area contributed by atoms with Crippen LogP contribution in [0.15, 0.2) is 0 Å². The number of alkyl halides is 1. The Balaban J connectivity index is 2.11. The molecule has 154 valence electrons. The number of unbranched alkanes of at least 4 members (excludes halogenated alkanes) is 7. The van der Waals surface area contributed by atoms with Crippen LogP contribution in [-0.2, 0) is 4.79 Å². The zero-order valence-corrected chi connectivity index (χ0v) is 19.5. The lowest BCUT2D eigenvalue weighted by Gasteiger charge is -2.42. The Morgan fingerprint density at radius 2 is 1.46 bits per heavy atom. The molecule has 0 aromatic rings. The third-order valence-corrected chi connectivity index (χ3v) is 6.51. The van der Waals surface area contributed by atoms with E-state index >= 15 is 0 Å². The van der Waals surface area contributed by atoms with Gasteiger partial charge < -0.3 is 9.80 Å². The molecule has 0 spiro atoms. The van der Waals surface area contributed by atoms with Crippen LogP contribution in [0.25, 0.3) is 0 Å². The molecule has 0 atom stereocenters. The van der Waals surface area contributed by atoms with Crippen LogP contribution in [0.1, 0.15) is 84.5 Å². The molecule has 0 radical (unpaired) electrons. The summed E-state index contributed by atoms with van der Waals surface area (Å²) in [5.41, 5.74) is 0.340. The monoisotopic (exact) mass is 430 g/mol. The van der Waals surface area contributed by atoms with E-state index in [9.17, 15) is 4.79 Å². The average molecular weight is 432 g/mol. The number of halogens is 1. The third kappa shape index (κ3) is 9.73. The van der Waals surface area contributed by atoms with Gasteiger partial charge in [-0.15, -0.1) is 0 Å². The summed E-state index contributed by atoms with van der Waals surface area (Å²) < 4.78 is 0. The van der Waals surface area contributed by atoms with E-state index in [2.05, 4.69) is 53.7 Å². The lowest BCUT2D eigenvalue weighted by molar-refractivity contribution is -0.133. The number of amides is 1. The second kappa shape index (κ2) is 13.1. The molecular formula is C22H43BrN2O. The van der Waals surface area contributed by atoms with Gasteiger partial charge in [-0.25, -0.2) is 0 Å². The van der Waals surface area contributed by atoms with Gasteiger partial charge in [-0.1, -0.05) is 68.3 Å². The number of rotatable bonds is 13. The normalized spacial score (nSPS) is 16.5. The minimum Gasteiger partial charge on any atom is -0.343 e. The van der Waals surface area contributed by atoms with E-state index in [-0.39, 0.29) is 0 Å². The van der Waals surface area contributed by atoms with Gasteiger partial charge in [-0.05, 0) is 51.1 Å². The minimum absolute atomic E-state index is 0.340. The van der Waals surface area contributed by atoms with E-state index in [1.54, 1.807) is 0 Å². The summed E-state index contributed by atoms with van der Waals surface area (Å²) in [7, 11) is 4.31. The van der Waals surface area contributed by atoms with Crippen LogP contribution in [0.4, 0.5) is 0 Å². The van der Waals surface area contributed by atoms with Crippen molar-refractivity contribution in [2.24, 2.45) is 11.3 Å². The molecule has 1 heterocycles. The first kappa shape index (κ1) is 23.9. The Kier molecular flexibility index (Phi) is 12.1. The van der Waals surface area contributed by atoms with Gasteiger partial charge in [-0.3, -0.25) is 4.79 Å². The first-order valence-corrected chi connectivity index (χ1v) is 12.0. The smallest absolute Gasteiger partial charge is 0.222 e. The van der Waals surface area contributed by atoms with Crippen LogP contribution in [0.3, 0.4) is 0 Å². The van der Waals surface area contributed by atoms with Crippen molar-refractivity contribution in [3.8, 4) is 0 Å². The maximum absolute atomic E-state index is 12.5. The summed E-state index contributed by atoms with van der Waals surface area (Å²) in [6.45, 7) is 7.83. The van der Waals surface area contributed by atoms with Crippen LogP contribution >= 0.6 is 15.9 Å². The second-order valence-electron chi connectivity index (χ2n) is 9.15. The molecule has 26 heavy (non-hydrogen) atoms. The highest BCUT2D eigenvalue weighted by molar-refractivity contribution is 9.09. The molecule has 1 rings (SSSR count). The molecule has 0 bridgehead atoms. The van der Waals surface area contributed by atoms with Gasteiger partial charge in [0.05, 0.1) is 0 Å². The zero-order valence-electron chi connectivity index (χ0n) is 17.9. The first-order valence-electron chi connectivity index (χ1n) is 10.9. The van der Waals surface area contributed by atoms with Crippen molar-refractivity contribution in [1.82, 2.24) is 9.80 Å². The van der Waals surface area contributed by atoms with Gasteiger partial charge in [0.15, 0.2) is 0 Å². The molecule has 1 aliphatic heterocycles. The van der Waals surface area contributed by atoms with E-state index < -0.39 is 0 Å². The molecule has 0 saturated carbocycles. The molecule has 1 saturated heterocycles. The second-order valence-corrected chi connectivity index (χ2v) is 9.94. The summed E-state index contributed by atoms with van der Waals surface area (Å²) in [4.78, 5) is 16.9. The van der Waals surface area contributed by atoms with Crippen LogP contribution in [0.2, 0.25) is 0 Å². The molecule has 1 aliphatic rings. The largest absolute Gasteiger partial charge is 0.343 e. The number of nitrogens with zero attached hydrogens (tertiary/aromatic N) is 2. The maximum Gasteiger partial charge on any atom is 0.222 e. The highest BCUT2D eigenvalue weighted by Crippen LogP contribution is 2.35. The Hall–Kier alpha value is -0.0900. The fraction of sp³-hybridized carbons (Fsp3) is 0.955. The highest BCUT2D eigenvalue weighted by atomic mass is 79.9. The fourth-order valence-electron chi connectivity index (χ4n) is 4.44. The molecular weight excluding hydrogens is 388 g/mol. The summed E-state index contributed by atoms with van der Waals surface area (Å²) >= 11 is 3.48. The number of hydrogen-bond donors (Lipinski definition) is 0. The Bertz CT molecular complexity index is 376. The van der Waals surface area contributed by atoms with E-state index in [1.807, 2.05) is 0 Å². The number of piperidine rings is 1. The summed E-state index contributed by atoms with van der Waals surface area (Å²) in [6, 6.07) is 0. The molecule has 0 aromatic carbocycles. The molecule has 0 N–H and O–H groups in total. The van der Waals surface area contributed by atoms with Gasteiger partial charge in [0.25, 0.3) is 0 Å². The standard InChI is InChI=1S/C22H43BrN2O/c1-22(2,19-24(3)4)20-14-17-25(18-15-20)21(26)13-11-9-7-5-6-8-10-12-16-23/h20H,5-19H2,1-4H3. The van der Waals surface area contributed by atoms with E-state index in [1.165, 1.54) is 57.8 Å². The molecule has 4 heteroatoms. The number of carbonyl (C=O) groups is 1. The Morgan fingerprint density at radius 1 is 0.962 bits per heavy atom. The molecule has 0 aliphatic carbocycles. The lowest BCUT2D eigenvalue weighted by Crippen LogP contribution is -2.44. The first-order chi connectivity index (χ1) is 12.4. The van der Waals surface area contributed by atoms with Crippen molar-refractivity contribution in [3.63, 3.8) is 0 Å². The van der Waals surface area contributed by atoms with E-state index in [0.29, 0.717) is 11.3 Å². The predicted molar refractivity (Wildman–Crippen MR) is 117 cm³/mol. The molecule has 1 fully saturated rings. The minimum atomic E-state index is 0.340. The van der Waals surface area contributed by atoms with Crippen LogP contribution in [-0.4, -0.2) is 54.8 Å². The predicted octanol–water partition coefficient (Wildman–Crippen LogP) is 5.72. The number of carbonyl (C=O) groups excluding carboxylic acids is 1. The topological polar surface area (TPSA) is 23.6 Å². The Labute approximate surface area is 171 Å². The third-order valence-electron chi connectivity index (χ3n) is 5.95. The van der Waals surface area contributed by atoms with Gasteiger partial charge in [0, 0.05) is 31.4 Å². The average Bonchev–Trinajstić information content (AvgIpc) is 2.59. The van der Waals surface area contributed by atoms with Gasteiger partial charge >= 0.3 is 0 Å². The number of hydrogen-bond acceptors (Lipinski definition) is 2. The van der Waals surface area contributed by atoms with Crippen molar-refractivity contribution in [1.29, 1.82) is 0 Å². The van der Waals surface area contributed by atoms with Crippen molar-refractivity contribution >= 4 is 21.8 Å². The quantitative estimate of drug-likeness (QED) is 0.275. The van der Waals surface area contributed by atoms with Crippen LogP contribution < -0.4 is 0 Å². The highest BCUT2D eigenvalue weighted by Gasteiger charge is 2.33. The zero-order chi connectivity index (χ0) is 19.4. The Morgan fingerprint density at radius 3 is 1.96 bits per heavy atom. The van der Waals surface area contributed by atoms with Crippen LogP contribution in [0, 0.1) is 11.3 Å². The fourth-order valence-corrected chi connectivity index (χ4v) is 4.84. The van der Waals surface area contributed by atoms with Gasteiger partial charge in [0.2, 0.25) is 5.91 Å². The molecule has 3 nitrogen and oxygen atoms in total. The summed E-state index contributed by atoms with van der Waals surface area (Å²) in [6.07, 6.45) is 13.4. The molecule has 1 amide bonds. The van der Waals surface area contributed by atoms with Gasteiger partial charge in [0.1, 0.15) is 0 Å².